The fourth-order valence-corrected chi connectivity index (χ4v) is 1.09. The summed E-state index contributed by atoms with van der Waals surface area (Å²) in [7, 11) is -1.16. The fourth-order valence-electron chi connectivity index (χ4n) is 0.362. The molecule has 0 aliphatic carbocycles. The highest BCUT2D eigenvalue weighted by Crippen LogP contribution is 2.45. The van der Waals surface area contributed by atoms with Crippen molar-refractivity contribution >= 4 is 13.6 Å². The van der Waals surface area contributed by atoms with Crippen molar-refractivity contribution in [2.45, 2.75) is 0 Å². The molecular formula is C4H8O5P-. The van der Waals surface area contributed by atoms with Gasteiger partial charge in [0.25, 0.3) is 0 Å². The van der Waals surface area contributed by atoms with E-state index in [-0.39, 0.29) is 0 Å². The number of rotatable bonds is 4. The molecule has 0 aliphatic heterocycles. The third-order valence-electron chi connectivity index (χ3n) is 0.879. The van der Waals surface area contributed by atoms with E-state index in [4.69, 9.17) is 0 Å². The summed E-state index contributed by atoms with van der Waals surface area (Å²) >= 11 is 0. The number of carboxylic acid groups (broad SMARTS) is 1. The van der Waals surface area contributed by atoms with Gasteiger partial charge in [0.1, 0.15) is 0 Å². The van der Waals surface area contributed by atoms with E-state index >= 15 is 0 Å². The van der Waals surface area contributed by atoms with E-state index < -0.39 is 19.7 Å². The van der Waals surface area contributed by atoms with Gasteiger partial charge in [0.05, 0.1) is 12.1 Å². The van der Waals surface area contributed by atoms with Crippen LogP contribution in [0.2, 0.25) is 0 Å². The molecule has 0 saturated heterocycles. The molecule has 0 spiro atoms. The van der Waals surface area contributed by atoms with E-state index in [1.165, 1.54) is 0 Å². The number of aliphatic carboxylic acids is 1. The van der Waals surface area contributed by atoms with Crippen LogP contribution < -0.4 is 5.11 Å². The normalized spacial score (nSPS) is 11.4. The minimum absolute atomic E-state index is 0.708. The van der Waals surface area contributed by atoms with Gasteiger partial charge < -0.3 is 18.9 Å². The molecule has 0 rings (SSSR count). The summed E-state index contributed by atoms with van der Waals surface area (Å²) in [4.78, 5) is 9.89. The molecule has 0 radical (unpaired) electrons. The highest BCUT2D eigenvalue weighted by molar-refractivity contribution is 7.54. The van der Waals surface area contributed by atoms with Gasteiger partial charge in [-0.15, -0.1) is 0 Å². The van der Waals surface area contributed by atoms with E-state index in [1.54, 1.807) is 0 Å². The second kappa shape index (κ2) is 3.71. The lowest BCUT2D eigenvalue weighted by Crippen LogP contribution is -2.26. The lowest BCUT2D eigenvalue weighted by Gasteiger charge is -2.12. The lowest BCUT2D eigenvalue weighted by molar-refractivity contribution is -0.301. The average molecular weight is 167 g/mol. The van der Waals surface area contributed by atoms with Crippen LogP contribution in [0.3, 0.4) is 0 Å². The van der Waals surface area contributed by atoms with Gasteiger partial charge in [-0.2, -0.15) is 0 Å². The predicted molar refractivity (Wildman–Crippen MR) is 31.5 cm³/mol. The molecule has 0 fully saturated rings. The zero-order chi connectivity index (χ0) is 8.20. The van der Waals surface area contributed by atoms with Crippen LogP contribution >= 0.6 is 7.60 Å². The maximum atomic E-state index is 10.9. The molecular weight excluding hydrogens is 159 g/mol. The molecule has 0 bridgehead atoms. The Hall–Kier alpha value is -0.380. The van der Waals surface area contributed by atoms with Crippen molar-refractivity contribution in [3.8, 4) is 0 Å². The summed E-state index contributed by atoms with van der Waals surface area (Å²) in [6.45, 7) is 0. The van der Waals surface area contributed by atoms with Crippen LogP contribution in [0.25, 0.3) is 0 Å². The van der Waals surface area contributed by atoms with Crippen molar-refractivity contribution in [3.05, 3.63) is 0 Å². The molecule has 0 unspecified atom stereocenters. The SMILES string of the molecule is COP(=O)(CC(=O)[O-])OC. The first-order valence-electron chi connectivity index (χ1n) is 2.44. The Balaban J connectivity index is 4.07. The molecule has 0 atom stereocenters. The molecule has 5 nitrogen and oxygen atoms in total. The Morgan fingerprint density at radius 1 is 1.50 bits per heavy atom. The number of hydrogen-bond donors (Lipinski definition) is 0. The first-order valence-corrected chi connectivity index (χ1v) is 4.17. The summed E-state index contributed by atoms with van der Waals surface area (Å²) in [6, 6.07) is 0. The van der Waals surface area contributed by atoms with Crippen LogP contribution in [-0.4, -0.2) is 26.4 Å². The minimum atomic E-state index is -3.40. The van der Waals surface area contributed by atoms with Gasteiger partial charge in [0.15, 0.2) is 0 Å². The van der Waals surface area contributed by atoms with E-state index in [1.807, 2.05) is 0 Å². The van der Waals surface area contributed by atoms with Crippen molar-refractivity contribution in [1.29, 1.82) is 0 Å². The summed E-state index contributed by atoms with van der Waals surface area (Å²) in [5.41, 5.74) is 0. The van der Waals surface area contributed by atoms with E-state index in [0.717, 1.165) is 14.2 Å². The second-order valence-corrected chi connectivity index (χ2v) is 3.77. The van der Waals surface area contributed by atoms with Crippen LogP contribution in [0.4, 0.5) is 0 Å². The monoisotopic (exact) mass is 167 g/mol. The molecule has 0 aromatic carbocycles. The summed E-state index contributed by atoms with van der Waals surface area (Å²) in [5, 5.41) is 9.89. The number of carbonyl (C=O) groups is 1. The Kier molecular flexibility index (Phi) is 3.57. The Morgan fingerprint density at radius 2 is 1.90 bits per heavy atom. The molecule has 0 saturated carbocycles. The van der Waals surface area contributed by atoms with Gasteiger partial charge in [-0.3, -0.25) is 4.57 Å². The smallest absolute Gasteiger partial charge is 0.335 e. The Morgan fingerprint density at radius 3 is 2.00 bits per heavy atom. The van der Waals surface area contributed by atoms with E-state index in [0.29, 0.717) is 0 Å². The maximum Gasteiger partial charge on any atom is 0.335 e. The summed E-state index contributed by atoms with van der Waals surface area (Å²) < 4.78 is 19.5. The molecule has 0 aromatic rings. The third kappa shape index (κ3) is 2.96. The first kappa shape index (κ1) is 9.62. The summed E-state index contributed by atoms with van der Waals surface area (Å²) in [5.74, 6) is -1.45. The molecule has 0 amide bonds. The molecule has 10 heavy (non-hydrogen) atoms. The van der Waals surface area contributed by atoms with Crippen molar-refractivity contribution in [3.63, 3.8) is 0 Å². The van der Waals surface area contributed by atoms with Crippen molar-refractivity contribution in [2.75, 3.05) is 20.4 Å². The number of carbonyl (C=O) groups excluding carboxylic acids is 1. The van der Waals surface area contributed by atoms with Crippen LogP contribution in [-0.2, 0) is 18.4 Å². The maximum absolute atomic E-state index is 10.9. The quantitative estimate of drug-likeness (QED) is 0.513. The zero-order valence-electron chi connectivity index (χ0n) is 5.70. The van der Waals surface area contributed by atoms with Gasteiger partial charge in [0, 0.05) is 14.2 Å². The summed E-state index contributed by atoms with van der Waals surface area (Å²) in [6.07, 6.45) is -0.708. The first-order chi connectivity index (χ1) is 4.54. The largest absolute Gasteiger partial charge is 0.549 e. The third-order valence-corrected chi connectivity index (χ3v) is 2.64. The van der Waals surface area contributed by atoms with Gasteiger partial charge in [-0.05, 0) is 0 Å². The average Bonchev–Trinajstić information content (AvgIpc) is 1.87. The van der Waals surface area contributed by atoms with Crippen molar-refractivity contribution in [1.82, 2.24) is 0 Å². The molecule has 0 aromatic heterocycles. The second-order valence-electron chi connectivity index (χ2n) is 1.51. The van der Waals surface area contributed by atoms with E-state index in [9.17, 15) is 14.5 Å². The van der Waals surface area contributed by atoms with Gasteiger partial charge >= 0.3 is 7.60 Å². The fraction of sp³-hybridized carbons (Fsp3) is 0.750. The minimum Gasteiger partial charge on any atom is -0.549 e. The Labute approximate surface area is 58.5 Å². The van der Waals surface area contributed by atoms with Crippen LogP contribution in [0.5, 0.6) is 0 Å². The van der Waals surface area contributed by atoms with Crippen molar-refractivity contribution in [2.24, 2.45) is 0 Å². The standard InChI is InChI=1S/C4H9O5P/c1-8-10(7,9-2)3-4(5)6/h3H2,1-2H3,(H,5,6)/p-1. The molecule has 60 valence electrons. The molecule has 0 heterocycles. The van der Waals surface area contributed by atoms with Crippen LogP contribution in [0, 0.1) is 0 Å². The van der Waals surface area contributed by atoms with Crippen molar-refractivity contribution < 1.29 is 23.5 Å². The Bertz CT molecular complexity index is 157. The number of carboxylic acids is 1. The number of hydrogen-bond acceptors (Lipinski definition) is 5. The van der Waals surface area contributed by atoms with Crippen LogP contribution in [0.15, 0.2) is 0 Å². The van der Waals surface area contributed by atoms with Crippen LogP contribution in [0.1, 0.15) is 0 Å². The highest BCUT2D eigenvalue weighted by atomic mass is 31.2. The molecule has 0 aliphatic rings. The zero-order valence-corrected chi connectivity index (χ0v) is 6.59. The van der Waals surface area contributed by atoms with Gasteiger partial charge in [-0.25, -0.2) is 0 Å². The molecule has 0 N–H and O–H groups in total. The van der Waals surface area contributed by atoms with Gasteiger partial charge in [0.2, 0.25) is 0 Å². The molecule has 6 heteroatoms. The van der Waals surface area contributed by atoms with E-state index in [2.05, 4.69) is 9.05 Å². The topological polar surface area (TPSA) is 75.7 Å². The lowest BCUT2D eigenvalue weighted by atomic mass is 10.8. The highest BCUT2D eigenvalue weighted by Gasteiger charge is 2.20. The van der Waals surface area contributed by atoms with Gasteiger partial charge in [-0.1, -0.05) is 0 Å². The predicted octanol–water partition coefficient (Wildman–Crippen LogP) is -0.778.